The van der Waals surface area contributed by atoms with E-state index in [1.54, 1.807) is 0 Å². The fourth-order valence-corrected chi connectivity index (χ4v) is 1.52. The Hall–Kier alpha value is -2.28. The lowest BCUT2D eigenvalue weighted by molar-refractivity contribution is -0.122. The quantitative estimate of drug-likeness (QED) is 0.651. The Bertz CT molecular complexity index is 483. The largest absolute Gasteiger partial charge is 0.347 e. The van der Waals surface area contributed by atoms with Crippen LogP contribution in [0, 0.1) is 0 Å². The van der Waals surface area contributed by atoms with Gasteiger partial charge in [-0.1, -0.05) is 35.5 Å². The number of hydrogen-bond acceptors (Lipinski definition) is 5. The second-order valence-corrected chi connectivity index (χ2v) is 3.84. The molecule has 0 aliphatic carbocycles. The summed E-state index contributed by atoms with van der Waals surface area (Å²) in [6.45, 7) is 0.220. The molecule has 18 heavy (non-hydrogen) atoms. The van der Waals surface area contributed by atoms with Gasteiger partial charge in [-0.25, -0.2) is 0 Å². The Morgan fingerprint density at radius 1 is 1.39 bits per heavy atom. The van der Waals surface area contributed by atoms with Crippen LogP contribution in [0.1, 0.15) is 11.4 Å². The normalized spacial score (nSPS) is 12.1. The molecule has 7 heteroatoms. The molecule has 4 N–H and O–H groups in total. The minimum absolute atomic E-state index is 0.220. The highest BCUT2D eigenvalue weighted by molar-refractivity contribution is 5.81. The van der Waals surface area contributed by atoms with Crippen molar-refractivity contribution < 1.29 is 4.79 Å². The van der Waals surface area contributed by atoms with Crippen molar-refractivity contribution in [3.63, 3.8) is 0 Å². The smallest absolute Gasteiger partial charge is 0.237 e. The number of tetrazole rings is 1. The van der Waals surface area contributed by atoms with Crippen LogP contribution in [0.25, 0.3) is 0 Å². The zero-order valence-electron chi connectivity index (χ0n) is 9.71. The fraction of sp³-hybridized carbons (Fsp3) is 0.273. The van der Waals surface area contributed by atoms with Crippen molar-refractivity contribution >= 4 is 5.91 Å². The number of amides is 1. The van der Waals surface area contributed by atoms with Gasteiger partial charge in [0.05, 0.1) is 12.6 Å². The van der Waals surface area contributed by atoms with E-state index in [0.717, 1.165) is 5.56 Å². The molecular weight excluding hydrogens is 232 g/mol. The topological polar surface area (TPSA) is 110 Å². The first-order valence-corrected chi connectivity index (χ1v) is 5.55. The van der Waals surface area contributed by atoms with Gasteiger partial charge >= 0.3 is 0 Å². The Balaban J connectivity index is 1.82. The van der Waals surface area contributed by atoms with E-state index in [2.05, 4.69) is 25.9 Å². The van der Waals surface area contributed by atoms with Crippen molar-refractivity contribution in [3.05, 3.63) is 41.7 Å². The van der Waals surface area contributed by atoms with Crippen molar-refractivity contribution in [1.82, 2.24) is 25.9 Å². The molecule has 1 heterocycles. The molecule has 0 radical (unpaired) electrons. The van der Waals surface area contributed by atoms with E-state index in [9.17, 15) is 4.79 Å². The highest BCUT2D eigenvalue weighted by Gasteiger charge is 2.14. The standard InChI is InChI=1S/C11H14N6O/c12-9(6-8-4-2-1-3-5-8)11(18)13-7-10-14-16-17-15-10/h1-5,9H,6-7,12H2,(H,13,18)(H,14,15,16,17). The molecule has 1 amide bonds. The number of H-pyrrole nitrogens is 1. The van der Waals surface area contributed by atoms with Gasteiger partial charge in [-0.15, -0.1) is 10.2 Å². The molecule has 0 bridgehead atoms. The summed E-state index contributed by atoms with van der Waals surface area (Å²) in [6.07, 6.45) is 0.499. The van der Waals surface area contributed by atoms with Gasteiger partial charge in [0, 0.05) is 0 Å². The van der Waals surface area contributed by atoms with Crippen LogP contribution in [0.2, 0.25) is 0 Å². The van der Waals surface area contributed by atoms with Crippen LogP contribution in [0.5, 0.6) is 0 Å². The average Bonchev–Trinajstić information content (AvgIpc) is 2.90. The minimum atomic E-state index is -0.584. The van der Waals surface area contributed by atoms with Crippen LogP contribution >= 0.6 is 0 Å². The zero-order valence-corrected chi connectivity index (χ0v) is 9.71. The Kier molecular flexibility index (Phi) is 3.98. The van der Waals surface area contributed by atoms with E-state index in [-0.39, 0.29) is 12.5 Å². The number of nitrogens with zero attached hydrogens (tertiary/aromatic N) is 3. The Morgan fingerprint density at radius 2 is 2.17 bits per heavy atom. The second kappa shape index (κ2) is 5.87. The lowest BCUT2D eigenvalue weighted by Crippen LogP contribution is -2.41. The summed E-state index contributed by atoms with van der Waals surface area (Å²) in [5, 5.41) is 15.8. The van der Waals surface area contributed by atoms with Crippen molar-refractivity contribution in [2.75, 3.05) is 0 Å². The zero-order chi connectivity index (χ0) is 12.8. The Morgan fingerprint density at radius 3 is 2.83 bits per heavy atom. The molecule has 1 atom stereocenters. The predicted molar refractivity (Wildman–Crippen MR) is 64.1 cm³/mol. The van der Waals surface area contributed by atoms with Crippen LogP contribution in [-0.2, 0) is 17.8 Å². The van der Waals surface area contributed by atoms with Crippen molar-refractivity contribution in [2.45, 2.75) is 19.0 Å². The lowest BCUT2D eigenvalue weighted by Gasteiger charge is -2.11. The third-order valence-electron chi connectivity index (χ3n) is 2.45. The number of nitrogens with two attached hydrogens (primary N) is 1. The van der Waals surface area contributed by atoms with E-state index < -0.39 is 6.04 Å². The van der Waals surface area contributed by atoms with Crippen molar-refractivity contribution in [3.8, 4) is 0 Å². The number of benzene rings is 1. The predicted octanol–water partition coefficient (Wildman–Crippen LogP) is -0.614. The van der Waals surface area contributed by atoms with Crippen molar-refractivity contribution in [2.24, 2.45) is 5.73 Å². The van der Waals surface area contributed by atoms with Gasteiger partial charge in [0.1, 0.15) is 0 Å². The second-order valence-electron chi connectivity index (χ2n) is 3.84. The molecule has 0 aliphatic rings. The van der Waals surface area contributed by atoms with E-state index >= 15 is 0 Å². The van der Waals surface area contributed by atoms with Gasteiger partial charge in [-0.05, 0) is 12.0 Å². The van der Waals surface area contributed by atoms with E-state index in [4.69, 9.17) is 5.73 Å². The SMILES string of the molecule is NC(Cc1ccccc1)C(=O)NCc1nn[nH]n1. The molecule has 1 aromatic heterocycles. The lowest BCUT2D eigenvalue weighted by atomic mass is 10.1. The third kappa shape index (κ3) is 3.36. The van der Waals surface area contributed by atoms with E-state index in [1.165, 1.54) is 0 Å². The van der Waals surface area contributed by atoms with Crippen LogP contribution in [-0.4, -0.2) is 32.6 Å². The number of carbonyl (C=O) groups excluding carboxylic acids is 1. The Labute approximate surface area is 104 Å². The highest BCUT2D eigenvalue weighted by Crippen LogP contribution is 2.01. The average molecular weight is 246 g/mol. The number of aromatic amines is 1. The molecule has 0 fully saturated rings. The summed E-state index contributed by atoms with van der Waals surface area (Å²) >= 11 is 0. The maximum atomic E-state index is 11.7. The summed E-state index contributed by atoms with van der Waals surface area (Å²) in [4.78, 5) is 11.7. The number of nitrogens with one attached hydrogen (secondary N) is 2. The number of carbonyl (C=O) groups is 1. The van der Waals surface area contributed by atoms with Gasteiger partial charge < -0.3 is 11.1 Å². The highest BCUT2D eigenvalue weighted by atomic mass is 16.2. The first-order valence-electron chi connectivity index (χ1n) is 5.55. The summed E-state index contributed by atoms with van der Waals surface area (Å²) in [5.74, 6) is 0.193. The molecule has 2 aromatic rings. The maximum Gasteiger partial charge on any atom is 0.237 e. The molecule has 7 nitrogen and oxygen atoms in total. The van der Waals surface area contributed by atoms with Gasteiger partial charge in [0.2, 0.25) is 5.91 Å². The van der Waals surface area contributed by atoms with Gasteiger partial charge in [-0.2, -0.15) is 5.21 Å². The van der Waals surface area contributed by atoms with E-state index in [0.29, 0.717) is 12.2 Å². The molecule has 1 unspecified atom stereocenters. The van der Waals surface area contributed by atoms with Crippen LogP contribution < -0.4 is 11.1 Å². The monoisotopic (exact) mass is 246 g/mol. The van der Waals surface area contributed by atoms with Gasteiger partial charge in [0.25, 0.3) is 0 Å². The van der Waals surface area contributed by atoms with Crippen LogP contribution in [0.15, 0.2) is 30.3 Å². The number of rotatable bonds is 5. The van der Waals surface area contributed by atoms with E-state index in [1.807, 2.05) is 30.3 Å². The fourth-order valence-electron chi connectivity index (χ4n) is 1.52. The number of aromatic nitrogens is 4. The van der Waals surface area contributed by atoms with Gasteiger partial charge in [-0.3, -0.25) is 4.79 Å². The number of hydrogen-bond donors (Lipinski definition) is 3. The summed E-state index contributed by atoms with van der Waals surface area (Å²) in [5.41, 5.74) is 6.84. The van der Waals surface area contributed by atoms with Crippen LogP contribution in [0.4, 0.5) is 0 Å². The molecule has 0 aliphatic heterocycles. The first kappa shape index (κ1) is 12.2. The molecular formula is C11H14N6O. The molecule has 94 valence electrons. The molecule has 0 saturated heterocycles. The minimum Gasteiger partial charge on any atom is -0.347 e. The third-order valence-corrected chi connectivity index (χ3v) is 2.45. The molecule has 0 saturated carbocycles. The summed E-state index contributed by atoms with van der Waals surface area (Å²) < 4.78 is 0. The van der Waals surface area contributed by atoms with Crippen molar-refractivity contribution in [1.29, 1.82) is 0 Å². The van der Waals surface area contributed by atoms with Crippen LogP contribution in [0.3, 0.4) is 0 Å². The first-order chi connectivity index (χ1) is 8.75. The summed E-state index contributed by atoms with van der Waals surface area (Å²) in [7, 11) is 0. The van der Waals surface area contributed by atoms with Gasteiger partial charge in [0.15, 0.2) is 5.82 Å². The molecule has 2 rings (SSSR count). The molecule has 1 aromatic carbocycles. The molecule has 0 spiro atoms. The summed E-state index contributed by atoms with van der Waals surface area (Å²) in [6, 6.07) is 9.04. The maximum absolute atomic E-state index is 11.7.